The smallest absolute Gasteiger partial charge is 0.223 e. The van der Waals surface area contributed by atoms with Gasteiger partial charge in [-0.2, -0.15) is 0 Å². The molecule has 0 spiro atoms. The van der Waals surface area contributed by atoms with Crippen molar-refractivity contribution >= 4 is 34.4 Å². The van der Waals surface area contributed by atoms with Gasteiger partial charge in [-0.15, -0.1) is 22.7 Å². The first kappa shape index (κ1) is 13.5. The van der Waals surface area contributed by atoms with Crippen LogP contribution in [0.2, 0.25) is 0 Å². The Labute approximate surface area is 125 Å². The molecule has 2 aromatic heterocycles. The Balaban J connectivity index is 1.59. The van der Waals surface area contributed by atoms with Gasteiger partial charge in [0.15, 0.2) is 0 Å². The molecular weight excluding hydrogens is 290 g/mol. The maximum absolute atomic E-state index is 12.2. The van der Waals surface area contributed by atoms with Crippen molar-refractivity contribution in [2.24, 2.45) is 5.92 Å². The number of rotatable bonds is 5. The van der Waals surface area contributed by atoms with Crippen molar-refractivity contribution in [3.05, 3.63) is 44.3 Å². The van der Waals surface area contributed by atoms with Crippen LogP contribution in [0.3, 0.4) is 0 Å². The van der Waals surface area contributed by atoms with Crippen molar-refractivity contribution in [2.75, 3.05) is 0 Å². The van der Waals surface area contributed by atoms with Gasteiger partial charge >= 0.3 is 0 Å². The van der Waals surface area contributed by atoms with E-state index < -0.39 is 0 Å². The number of hydrogen-bond donors (Lipinski definition) is 1. The highest BCUT2D eigenvalue weighted by Crippen LogP contribution is 2.27. The Bertz CT molecular complexity index is 612. The molecular formula is C15H15NO2S2. The van der Waals surface area contributed by atoms with E-state index in [0.29, 0.717) is 6.54 Å². The molecule has 104 valence electrons. The average molecular weight is 305 g/mol. The summed E-state index contributed by atoms with van der Waals surface area (Å²) >= 11 is 2.92. The maximum atomic E-state index is 12.2. The van der Waals surface area contributed by atoms with Gasteiger partial charge in [-0.3, -0.25) is 9.59 Å². The fraction of sp³-hybridized carbons (Fsp3) is 0.333. The molecule has 0 radical (unpaired) electrons. The van der Waals surface area contributed by atoms with Crippen molar-refractivity contribution < 1.29 is 9.59 Å². The summed E-state index contributed by atoms with van der Waals surface area (Å²) in [4.78, 5) is 26.4. The van der Waals surface area contributed by atoms with Gasteiger partial charge in [0.2, 0.25) is 11.7 Å². The molecule has 0 aliphatic heterocycles. The standard InChI is InChI=1S/C15H15NO2S2/c17-14(12-5-2-8-19-12)13-7-6-11(20-13)9-16-15(18)10-3-1-4-10/h2,5-8,10H,1,3-4,9H2,(H,16,18). The fourth-order valence-corrected chi connectivity index (χ4v) is 3.76. The van der Waals surface area contributed by atoms with Crippen molar-refractivity contribution in [3.63, 3.8) is 0 Å². The second-order valence-electron chi connectivity index (χ2n) is 4.92. The Morgan fingerprint density at radius 1 is 1.20 bits per heavy atom. The van der Waals surface area contributed by atoms with E-state index in [4.69, 9.17) is 0 Å². The van der Waals surface area contributed by atoms with Gasteiger partial charge < -0.3 is 5.32 Å². The number of hydrogen-bond acceptors (Lipinski definition) is 4. The van der Waals surface area contributed by atoms with Crippen LogP contribution in [0, 0.1) is 5.92 Å². The molecule has 1 N–H and O–H groups in total. The third-order valence-corrected chi connectivity index (χ3v) is 5.50. The molecule has 3 nitrogen and oxygen atoms in total. The van der Waals surface area contributed by atoms with Crippen LogP contribution in [0.25, 0.3) is 0 Å². The Hall–Kier alpha value is -1.46. The number of carbonyl (C=O) groups excluding carboxylic acids is 2. The molecule has 1 fully saturated rings. The minimum absolute atomic E-state index is 0.0709. The maximum Gasteiger partial charge on any atom is 0.223 e. The second-order valence-corrected chi connectivity index (χ2v) is 7.03. The van der Waals surface area contributed by atoms with E-state index in [-0.39, 0.29) is 17.6 Å². The van der Waals surface area contributed by atoms with Gasteiger partial charge in [-0.05, 0) is 36.4 Å². The highest BCUT2D eigenvalue weighted by atomic mass is 32.1. The van der Waals surface area contributed by atoms with Gasteiger partial charge in [-0.1, -0.05) is 12.5 Å². The van der Waals surface area contributed by atoms with Crippen molar-refractivity contribution in [1.82, 2.24) is 5.32 Å². The first-order valence-corrected chi connectivity index (χ1v) is 8.38. The quantitative estimate of drug-likeness (QED) is 0.860. The van der Waals surface area contributed by atoms with Crippen LogP contribution >= 0.6 is 22.7 Å². The second kappa shape index (κ2) is 5.89. The van der Waals surface area contributed by atoms with Crippen LogP contribution in [0.1, 0.15) is 38.7 Å². The lowest BCUT2D eigenvalue weighted by atomic mass is 9.85. The summed E-state index contributed by atoms with van der Waals surface area (Å²) in [6.45, 7) is 0.526. The summed E-state index contributed by atoms with van der Waals surface area (Å²) in [7, 11) is 0. The van der Waals surface area contributed by atoms with E-state index in [2.05, 4.69) is 5.32 Å². The number of amides is 1. The van der Waals surface area contributed by atoms with E-state index in [9.17, 15) is 9.59 Å². The van der Waals surface area contributed by atoms with Crippen molar-refractivity contribution in [1.29, 1.82) is 0 Å². The monoisotopic (exact) mass is 305 g/mol. The van der Waals surface area contributed by atoms with Gasteiger partial charge in [0.1, 0.15) is 0 Å². The molecule has 2 aromatic rings. The van der Waals surface area contributed by atoms with E-state index in [0.717, 1.165) is 33.9 Å². The van der Waals surface area contributed by atoms with Crippen molar-refractivity contribution in [2.45, 2.75) is 25.8 Å². The van der Waals surface area contributed by atoms with Crippen LogP contribution < -0.4 is 5.32 Å². The fourth-order valence-electron chi connectivity index (χ4n) is 2.11. The number of carbonyl (C=O) groups is 2. The summed E-state index contributed by atoms with van der Waals surface area (Å²) in [5, 5.41) is 4.85. The van der Waals surface area contributed by atoms with Crippen LogP contribution in [0.15, 0.2) is 29.6 Å². The number of thiophene rings is 2. The molecule has 0 saturated heterocycles. The number of ketones is 1. The topological polar surface area (TPSA) is 46.2 Å². The highest BCUT2D eigenvalue weighted by Gasteiger charge is 2.24. The molecule has 3 rings (SSSR count). The summed E-state index contributed by atoms with van der Waals surface area (Å²) in [5.41, 5.74) is 0. The third-order valence-electron chi connectivity index (χ3n) is 3.54. The zero-order valence-corrected chi connectivity index (χ0v) is 12.6. The average Bonchev–Trinajstić information content (AvgIpc) is 3.05. The molecule has 0 aromatic carbocycles. The summed E-state index contributed by atoms with van der Waals surface area (Å²) in [6, 6.07) is 7.49. The third kappa shape index (κ3) is 2.83. The van der Waals surface area contributed by atoms with Gasteiger partial charge in [0.05, 0.1) is 16.3 Å². The van der Waals surface area contributed by atoms with Gasteiger partial charge in [-0.25, -0.2) is 0 Å². The van der Waals surface area contributed by atoms with Crippen LogP contribution in [0.4, 0.5) is 0 Å². The highest BCUT2D eigenvalue weighted by molar-refractivity contribution is 7.16. The molecule has 2 heterocycles. The van der Waals surface area contributed by atoms with Crippen LogP contribution in [0.5, 0.6) is 0 Å². The van der Waals surface area contributed by atoms with E-state index in [1.54, 1.807) is 0 Å². The van der Waals surface area contributed by atoms with Crippen LogP contribution in [-0.4, -0.2) is 11.7 Å². The minimum Gasteiger partial charge on any atom is -0.351 e. The Morgan fingerprint density at radius 2 is 2.05 bits per heavy atom. The normalized spacial score (nSPS) is 14.8. The zero-order chi connectivity index (χ0) is 13.9. The lowest BCUT2D eigenvalue weighted by Gasteiger charge is -2.23. The van der Waals surface area contributed by atoms with Gasteiger partial charge in [0.25, 0.3) is 0 Å². The lowest BCUT2D eigenvalue weighted by molar-refractivity contribution is -0.127. The van der Waals surface area contributed by atoms with E-state index in [1.165, 1.54) is 22.7 Å². The molecule has 1 saturated carbocycles. The summed E-state index contributed by atoms with van der Waals surface area (Å²) in [6.07, 6.45) is 3.19. The molecule has 0 unspecified atom stereocenters. The Morgan fingerprint density at radius 3 is 2.70 bits per heavy atom. The van der Waals surface area contributed by atoms with Crippen molar-refractivity contribution in [3.8, 4) is 0 Å². The lowest BCUT2D eigenvalue weighted by Crippen LogP contribution is -2.33. The SMILES string of the molecule is O=C(c1cccs1)c1ccc(CNC(=O)C2CCC2)s1. The molecule has 20 heavy (non-hydrogen) atoms. The first-order chi connectivity index (χ1) is 9.74. The predicted octanol–water partition coefficient (Wildman–Crippen LogP) is 3.46. The zero-order valence-electron chi connectivity index (χ0n) is 10.9. The predicted molar refractivity (Wildman–Crippen MR) is 81.3 cm³/mol. The van der Waals surface area contributed by atoms with Gasteiger partial charge in [0, 0.05) is 10.8 Å². The van der Waals surface area contributed by atoms with E-state index >= 15 is 0 Å². The molecule has 5 heteroatoms. The minimum atomic E-state index is 0.0709. The molecule has 1 amide bonds. The Kier molecular flexibility index (Phi) is 3.98. The number of nitrogens with one attached hydrogen (secondary N) is 1. The summed E-state index contributed by atoms with van der Waals surface area (Å²) in [5.74, 6) is 0.430. The largest absolute Gasteiger partial charge is 0.351 e. The molecule has 0 bridgehead atoms. The van der Waals surface area contributed by atoms with E-state index in [1.807, 2.05) is 29.6 Å². The first-order valence-electron chi connectivity index (χ1n) is 6.68. The summed E-state index contributed by atoms with van der Waals surface area (Å²) < 4.78 is 0. The molecule has 1 aliphatic carbocycles. The van der Waals surface area contributed by atoms with Crippen LogP contribution in [-0.2, 0) is 11.3 Å². The molecule has 1 aliphatic rings. The molecule has 0 atom stereocenters.